The number of rotatable bonds is 1. The van der Waals surface area contributed by atoms with Crippen molar-refractivity contribution in [1.29, 1.82) is 0 Å². The van der Waals surface area contributed by atoms with Crippen molar-refractivity contribution in [2.45, 2.75) is 18.9 Å². The van der Waals surface area contributed by atoms with Crippen LogP contribution in [0.5, 0.6) is 0 Å². The number of amides is 2. The van der Waals surface area contributed by atoms with Crippen molar-refractivity contribution in [3.63, 3.8) is 0 Å². The van der Waals surface area contributed by atoms with Crippen molar-refractivity contribution in [2.75, 3.05) is 14.1 Å². The molecular weight excluding hydrogens is 164 g/mol. The minimum Gasteiger partial charge on any atom is -0.331 e. The van der Waals surface area contributed by atoms with E-state index in [1.165, 1.54) is 4.90 Å². The predicted molar refractivity (Wildman–Crippen MR) is 53.5 cm³/mol. The van der Waals surface area contributed by atoms with E-state index in [4.69, 9.17) is 0 Å². The van der Waals surface area contributed by atoms with E-state index in [0.717, 1.165) is 6.42 Å². The first-order valence-electron chi connectivity index (χ1n) is 4.37. The second-order valence-electron chi connectivity index (χ2n) is 3.73. The van der Waals surface area contributed by atoms with Crippen molar-refractivity contribution in [3.8, 4) is 0 Å². The van der Waals surface area contributed by atoms with Gasteiger partial charge in [0.1, 0.15) is 0 Å². The Labute approximate surface area is 79.1 Å². The smallest absolute Gasteiger partial charge is 0.317 e. The summed E-state index contributed by atoms with van der Waals surface area (Å²) < 4.78 is 0. The van der Waals surface area contributed by atoms with Crippen molar-refractivity contribution in [2.24, 2.45) is 0 Å². The Morgan fingerprint density at radius 1 is 1.46 bits per heavy atom. The molecule has 1 aliphatic carbocycles. The number of nitrogens with zero attached hydrogens (tertiary/aromatic N) is 1. The van der Waals surface area contributed by atoms with Crippen LogP contribution >= 0.6 is 0 Å². The number of hydrogen-bond donors (Lipinski definition) is 1. The van der Waals surface area contributed by atoms with Gasteiger partial charge in [0, 0.05) is 14.1 Å². The highest BCUT2D eigenvalue weighted by atomic mass is 16.2. The zero-order valence-corrected chi connectivity index (χ0v) is 8.37. The number of carbonyl (C=O) groups excluding carboxylic acids is 1. The van der Waals surface area contributed by atoms with Gasteiger partial charge in [0.05, 0.1) is 5.54 Å². The largest absolute Gasteiger partial charge is 0.331 e. The Kier molecular flexibility index (Phi) is 2.76. The van der Waals surface area contributed by atoms with Gasteiger partial charge in [0.2, 0.25) is 0 Å². The fourth-order valence-electron chi connectivity index (χ4n) is 1.18. The lowest BCUT2D eigenvalue weighted by atomic mass is 9.94. The van der Waals surface area contributed by atoms with Gasteiger partial charge in [-0.2, -0.15) is 0 Å². The van der Waals surface area contributed by atoms with Crippen LogP contribution in [0.15, 0.2) is 24.3 Å². The molecule has 0 aromatic rings. The van der Waals surface area contributed by atoms with E-state index in [-0.39, 0.29) is 11.6 Å². The molecule has 0 aromatic carbocycles. The summed E-state index contributed by atoms with van der Waals surface area (Å²) in [7, 11) is 3.47. The number of carbonyl (C=O) groups is 1. The molecule has 0 radical (unpaired) electrons. The predicted octanol–water partition coefficient (Wildman–Crippen LogP) is 1.53. The fraction of sp³-hybridized carbons (Fsp3) is 0.500. The van der Waals surface area contributed by atoms with E-state index in [9.17, 15) is 4.79 Å². The monoisotopic (exact) mass is 180 g/mol. The lowest BCUT2D eigenvalue weighted by Gasteiger charge is -2.29. The molecule has 3 heteroatoms. The Bertz CT molecular complexity index is 256. The first-order chi connectivity index (χ1) is 6.03. The van der Waals surface area contributed by atoms with Crippen LogP contribution in [0, 0.1) is 0 Å². The molecule has 0 heterocycles. The lowest BCUT2D eigenvalue weighted by molar-refractivity contribution is 0.209. The van der Waals surface area contributed by atoms with Crippen LogP contribution in [0.3, 0.4) is 0 Å². The van der Waals surface area contributed by atoms with Gasteiger partial charge >= 0.3 is 6.03 Å². The van der Waals surface area contributed by atoms with Gasteiger partial charge < -0.3 is 10.2 Å². The number of hydrogen-bond acceptors (Lipinski definition) is 1. The third-order valence-electron chi connectivity index (χ3n) is 2.05. The SMILES string of the molecule is CN(C)C(=O)NC1(C)C=CC=CC1. The average Bonchev–Trinajstić information content (AvgIpc) is 2.04. The van der Waals surface area contributed by atoms with Crippen LogP contribution in [0.1, 0.15) is 13.3 Å². The second-order valence-corrected chi connectivity index (χ2v) is 3.73. The van der Waals surface area contributed by atoms with Crippen molar-refractivity contribution < 1.29 is 4.79 Å². The van der Waals surface area contributed by atoms with Gasteiger partial charge in [0.15, 0.2) is 0 Å². The molecule has 3 nitrogen and oxygen atoms in total. The second kappa shape index (κ2) is 3.64. The maximum atomic E-state index is 11.4. The molecule has 72 valence electrons. The average molecular weight is 180 g/mol. The van der Waals surface area contributed by atoms with Crippen LogP contribution in [0.2, 0.25) is 0 Å². The zero-order chi connectivity index (χ0) is 9.90. The first-order valence-corrected chi connectivity index (χ1v) is 4.37. The number of allylic oxidation sites excluding steroid dienone is 2. The molecule has 1 aliphatic rings. The summed E-state index contributed by atoms with van der Waals surface area (Å²) in [6, 6.07) is -0.0533. The standard InChI is InChI=1S/C10H16N2O/c1-10(7-5-4-6-8-10)11-9(13)12(2)3/h4-7H,8H2,1-3H3,(H,11,13). The molecule has 0 bridgehead atoms. The lowest BCUT2D eigenvalue weighted by Crippen LogP contribution is -2.48. The maximum Gasteiger partial charge on any atom is 0.317 e. The summed E-state index contributed by atoms with van der Waals surface area (Å²) in [5, 5.41) is 2.94. The zero-order valence-electron chi connectivity index (χ0n) is 8.37. The van der Waals surface area contributed by atoms with Crippen LogP contribution < -0.4 is 5.32 Å². The fourth-order valence-corrected chi connectivity index (χ4v) is 1.18. The number of nitrogens with one attached hydrogen (secondary N) is 1. The summed E-state index contributed by atoms with van der Waals surface area (Å²) in [4.78, 5) is 12.9. The van der Waals surface area contributed by atoms with E-state index < -0.39 is 0 Å². The molecule has 13 heavy (non-hydrogen) atoms. The normalized spacial score (nSPS) is 25.8. The molecule has 1 unspecified atom stereocenters. The van der Waals surface area contributed by atoms with E-state index in [0.29, 0.717) is 0 Å². The minimum absolute atomic E-state index is 0.0533. The van der Waals surface area contributed by atoms with Crippen molar-refractivity contribution in [3.05, 3.63) is 24.3 Å². The minimum atomic E-state index is -0.226. The Morgan fingerprint density at radius 3 is 2.62 bits per heavy atom. The molecule has 1 N–H and O–H groups in total. The van der Waals surface area contributed by atoms with Gasteiger partial charge in [-0.3, -0.25) is 0 Å². The van der Waals surface area contributed by atoms with Crippen LogP contribution in [0.25, 0.3) is 0 Å². The summed E-state index contributed by atoms with van der Waals surface area (Å²) in [6.45, 7) is 2.01. The topological polar surface area (TPSA) is 32.3 Å². The van der Waals surface area contributed by atoms with E-state index in [1.54, 1.807) is 14.1 Å². The molecule has 0 fully saturated rings. The van der Waals surface area contributed by atoms with Gasteiger partial charge in [-0.1, -0.05) is 24.3 Å². The third-order valence-corrected chi connectivity index (χ3v) is 2.05. The molecule has 0 spiro atoms. The maximum absolute atomic E-state index is 11.4. The van der Waals surface area contributed by atoms with E-state index in [1.807, 2.05) is 25.2 Å². The van der Waals surface area contributed by atoms with Gasteiger partial charge in [-0.05, 0) is 13.3 Å². The molecule has 0 saturated heterocycles. The first kappa shape index (κ1) is 9.84. The summed E-state index contributed by atoms with van der Waals surface area (Å²) in [5.41, 5.74) is -0.226. The summed E-state index contributed by atoms with van der Waals surface area (Å²) >= 11 is 0. The Hall–Kier alpha value is -1.25. The van der Waals surface area contributed by atoms with Gasteiger partial charge in [0.25, 0.3) is 0 Å². The highest BCUT2D eigenvalue weighted by Crippen LogP contribution is 2.16. The van der Waals surface area contributed by atoms with Crippen LogP contribution in [-0.2, 0) is 0 Å². The molecule has 0 saturated carbocycles. The van der Waals surface area contributed by atoms with Gasteiger partial charge in [-0.15, -0.1) is 0 Å². The highest BCUT2D eigenvalue weighted by molar-refractivity contribution is 5.74. The molecule has 2 amide bonds. The molecule has 0 aromatic heterocycles. The number of urea groups is 1. The summed E-state index contributed by atoms with van der Waals surface area (Å²) in [6.07, 6.45) is 8.86. The van der Waals surface area contributed by atoms with Gasteiger partial charge in [-0.25, -0.2) is 4.79 Å². The molecule has 1 rings (SSSR count). The molecule has 1 atom stereocenters. The highest BCUT2D eigenvalue weighted by Gasteiger charge is 2.23. The van der Waals surface area contributed by atoms with Crippen LogP contribution in [-0.4, -0.2) is 30.6 Å². The molecular formula is C10H16N2O. The van der Waals surface area contributed by atoms with E-state index in [2.05, 4.69) is 11.4 Å². The Morgan fingerprint density at radius 2 is 2.15 bits per heavy atom. The third kappa shape index (κ3) is 2.61. The summed E-state index contributed by atoms with van der Waals surface area (Å²) in [5.74, 6) is 0. The van der Waals surface area contributed by atoms with Crippen molar-refractivity contribution in [1.82, 2.24) is 10.2 Å². The Balaban J connectivity index is 2.57. The van der Waals surface area contributed by atoms with E-state index >= 15 is 0 Å². The molecule has 0 aliphatic heterocycles. The van der Waals surface area contributed by atoms with Crippen LogP contribution in [0.4, 0.5) is 4.79 Å². The quantitative estimate of drug-likeness (QED) is 0.652. The van der Waals surface area contributed by atoms with Crippen molar-refractivity contribution >= 4 is 6.03 Å².